The van der Waals surface area contributed by atoms with Crippen molar-refractivity contribution >= 4 is 17.6 Å². The molecule has 0 aromatic heterocycles. The summed E-state index contributed by atoms with van der Waals surface area (Å²) in [6.07, 6.45) is -1.77. The molecular weight excluding hydrogens is 359 g/mol. The molecule has 8 heteroatoms. The predicted molar refractivity (Wildman–Crippen MR) is 97.3 cm³/mol. The Balaban J connectivity index is 1.88. The van der Waals surface area contributed by atoms with Crippen molar-refractivity contribution in [3.8, 4) is 0 Å². The van der Waals surface area contributed by atoms with Crippen molar-refractivity contribution in [3.05, 3.63) is 29.8 Å². The Morgan fingerprint density at radius 2 is 1.74 bits per heavy atom. The Kier molecular flexibility index (Phi) is 7.10. The molecule has 2 rings (SSSR count). The minimum atomic E-state index is -4.54. The summed E-state index contributed by atoms with van der Waals surface area (Å²) in [5, 5.41) is 4.99. The topological polar surface area (TPSA) is 61.4 Å². The zero-order valence-electron chi connectivity index (χ0n) is 15.6. The van der Waals surface area contributed by atoms with Crippen LogP contribution in [0.2, 0.25) is 0 Å². The molecule has 0 unspecified atom stereocenters. The number of anilines is 1. The molecule has 1 aromatic rings. The normalized spacial score (nSPS) is 15.7. The summed E-state index contributed by atoms with van der Waals surface area (Å²) < 4.78 is 39.0. The first-order valence-corrected chi connectivity index (χ1v) is 9.28. The molecule has 0 spiro atoms. The van der Waals surface area contributed by atoms with Gasteiger partial charge in [-0.05, 0) is 37.8 Å². The number of halogens is 3. The quantitative estimate of drug-likeness (QED) is 0.796. The van der Waals surface area contributed by atoms with Crippen LogP contribution in [0.25, 0.3) is 0 Å². The molecule has 0 atom stereocenters. The Labute approximate surface area is 157 Å². The van der Waals surface area contributed by atoms with E-state index in [2.05, 4.69) is 10.6 Å². The van der Waals surface area contributed by atoms with Crippen LogP contribution >= 0.6 is 0 Å². The van der Waals surface area contributed by atoms with E-state index in [4.69, 9.17) is 0 Å². The van der Waals surface area contributed by atoms with Gasteiger partial charge in [0.1, 0.15) is 0 Å². The number of nitrogens with one attached hydrogen (secondary N) is 2. The molecule has 5 nitrogen and oxygen atoms in total. The lowest BCUT2D eigenvalue weighted by Gasteiger charge is -2.34. The third kappa shape index (κ3) is 5.61. The molecule has 1 fully saturated rings. The molecule has 0 aliphatic carbocycles. The van der Waals surface area contributed by atoms with E-state index in [1.165, 1.54) is 18.2 Å². The molecule has 1 aliphatic heterocycles. The third-order valence-electron chi connectivity index (χ3n) is 4.96. The van der Waals surface area contributed by atoms with Gasteiger partial charge in [0.15, 0.2) is 0 Å². The fraction of sp³-hybridized carbons (Fsp3) is 0.579. The van der Waals surface area contributed by atoms with Gasteiger partial charge in [-0.3, -0.25) is 4.79 Å². The highest BCUT2D eigenvalue weighted by molar-refractivity contribution is 5.90. The van der Waals surface area contributed by atoms with Gasteiger partial charge in [-0.25, -0.2) is 4.79 Å². The van der Waals surface area contributed by atoms with Crippen molar-refractivity contribution in [2.75, 3.05) is 18.4 Å². The third-order valence-corrected chi connectivity index (χ3v) is 4.96. The number of urea groups is 1. The minimum absolute atomic E-state index is 0.0247. The van der Waals surface area contributed by atoms with Gasteiger partial charge in [0.2, 0.25) is 5.91 Å². The molecule has 1 saturated heterocycles. The fourth-order valence-corrected chi connectivity index (χ4v) is 3.32. The van der Waals surface area contributed by atoms with Crippen molar-refractivity contribution in [2.24, 2.45) is 5.92 Å². The van der Waals surface area contributed by atoms with Crippen molar-refractivity contribution in [1.82, 2.24) is 10.2 Å². The number of hydrogen-bond acceptors (Lipinski definition) is 2. The molecule has 0 radical (unpaired) electrons. The van der Waals surface area contributed by atoms with Crippen molar-refractivity contribution in [3.63, 3.8) is 0 Å². The van der Waals surface area contributed by atoms with E-state index in [0.717, 1.165) is 18.9 Å². The van der Waals surface area contributed by atoms with Crippen LogP contribution < -0.4 is 10.6 Å². The highest BCUT2D eigenvalue weighted by atomic mass is 19.4. The fourth-order valence-electron chi connectivity index (χ4n) is 3.32. The van der Waals surface area contributed by atoms with Gasteiger partial charge in [-0.15, -0.1) is 0 Å². The van der Waals surface area contributed by atoms with E-state index in [-0.39, 0.29) is 23.6 Å². The zero-order chi connectivity index (χ0) is 20.0. The maximum Gasteiger partial charge on any atom is 0.418 e. The molecule has 150 valence electrons. The summed E-state index contributed by atoms with van der Waals surface area (Å²) >= 11 is 0. The molecule has 0 bridgehead atoms. The van der Waals surface area contributed by atoms with Gasteiger partial charge in [0.05, 0.1) is 11.3 Å². The van der Waals surface area contributed by atoms with E-state index < -0.39 is 17.8 Å². The average molecular weight is 385 g/mol. The van der Waals surface area contributed by atoms with Crippen LogP contribution in [0, 0.1) is 5.92 Å². The second-order valence-electron chi connectivity index (χ2n) is 6.75. The van der Waals surface area contributed by atoms with Crippen LogP contribution in [0.4, 0.5) is 23.7 Å². The summed E-state index contributed by atoms with van der Waals surface area (Å²) in [5.41, 5.74) is -1.16. The van der Waals surface area contributed by atoms with E-state index in [0.29, 0.717) is 25.9 Å². The monoisotopic (exact) mass is 385 g/mol. The SMILES string of the molecule is CCC(CC)C(=O)N1CCC(NC(=O)Nc2ccccc2C(F)(F)F)CC1. The van der Waals surface area contributed by atoms with Gasteiger partial charge in [0, 0.05) is 25.0 Å². The highest BCUT2D eigenvalue weighted by Gasteiger charge is 2.34. The predicted octanol–water partition coefficient (Wildman–Crippen LogP) is 4.25. The van der Waals surface area contributed by atoms with Crippen LogP contribution in [-0.4, -0.2) is 36.0 Å². The lowest BCUT2D eigenvalue weighted by molar-refractivity contribution is -0.137. The molecule has 27 heavy (non-hydrogen) atoms. The number of benzene rings is 1. The Morgan fingerprint density at radius 1 is 1.15 bits per heavy atom. The second-order valence-corrected chi connectivity index (χ2v) is 6.75. The van der Waals surface area contributed by atoms with Gasteiger partial charge < -0.3 is 15.5 Å². The van der Waals surface area contributed by atoms with E-state index in [1.807, 2.05) is 18.7 Å². The molecule has 2 N–H and O–H groups in total. The molecule has 3 amide bonds. The lowest BCUT2D eigenvalue weighted by Crippen LogP contribution is -2.48. The molecular formula is C19H26F3N3O2. The van der Waals surface area contributed by atoms with Crippen LogP contribution in [0.15, 0.2) is 24.3 Å². The maximum atomic E-state index is 13.0. The highest BCUT2D eigenvalue weighted by Crippen LogP contribution is 2.34. The first-order chi connectivity index (χ1) is 12.8. The largest absolute Gasteiger partial charge is 0.418 e. The number of nitrogens with zero attached hydrogens (tertiary/aromatic N) is 1. The number of hydrogen-bond donors (Lipinski definition) is 2. The minimum Gasteiger partial charge on any atom is -0.342 e. The van der Waals surface area contributed by atoms with Crippen LogP contribution in [0.1, 0.15) is 45.1 Å². The summed E-state index contributed by atoms with van der Waals surface area (Å²) in [6.45, 7) is 5.06. The summed E-state index contributed by atoms with van der Waals surface area (Å²) in [5.74, 6) is 0.165. The Morgan fingerprint density at radius 3 is 2.30 bits per heavy atom. The van der Waals surface area contributed by atoms with Gasteiger partial charge in [-0.2, -0.15) is 13.2 Å². The number of rotatable bonds is 5. The zero-order valence-corrected chi connectivity index (χ0v) is 15.6. The van der Waals surface area contributed by atoms with Gasteiger partial charge in [-0.1, -0.05) is 26.0 Å². The lowest BCUT2D eigenvalue weighted by atomic mass is 9.98. The van der Waals surface area contributed by atoms with E-state index >= 15 is 0 Å². The Bertz CT molecular complexity index is 652. The average Bonchev–Trinajstić information content (AvgIpc) is 2.62. The molecule has 1 aromatic carbocycles. The van der Waals surface area contributed by atoms with E-state index in [9.17, 15) is 22.8 Å². The summed E-state index contributed by atoms with van der Waals surface area (Å²) in [6, 6.07) is 4.02. The first-order valence-electron chi connectivity index (χ1n) is 9.28. The summed E-state index contributed by atoms with van der Waals surface area (Å²) in [4.78, 5) is 26.3. The summed E-state index contributed by atoms with van der Waals surface area (Å²) in [7, 11) is 0. The van der Waals surface area contributed by atoms with E-state index in [1.54, 1.807) is 0 Å². The van der Waals surface area contributed by atoms with Crippen LogP contribution in [0.5, 0.6) is 0 Å². The molecule has 0 saturated carbocycles. The molecule has 1 aliphatic rings. The van der Waals surface area contributed by atoms with Gasteiger partial charge in [0.25, 0.3) is 0 Å². The van der Waals surface area contributed by atoms with Crippen molar-refractivity contribution in [2.45, 2.75) is 51.7 Å². The number of carbonyl (C=O) groups excluding carboxylic acids is 2. The standard InChI is InChI=1S/C19H26F3N3O2/c1-3-13(4-2)17(26)25-11-9-14(10-12-25)23-18(27)24-16-8-6-5-7-15(16)19(20,21)22/h5-8,13-14H,3-4,9-12H2,1-2H3,(H2,23,24,27). The maximum absolute atomic E-state index is 13.0. The molecule has 1 heterocycles. The van der Waals surface area contributed by atoms with Gasteiger partial charge >= 0.3 is 12.2 Å². The first kappa shape index (κ1) is 21.1. The van der Waals surface area contributed by atoms with Crippen molar-refractivity contribution in [1.29, 1.82) is 0 Å². The number of alkyl halides is 3. The number of carbonyl (C=O) groups is 2. The smallest absolute Gasteiger partial charge is 0.342 e. The number of piperidine rings is 1. The van der Waals surface area contributed by atoms with Crippen LogP contribution in [-0.2, 0) is 11.0 Å². The number of para-hydroxylation sites is 1. The van der Waals surface area contributed by atoms with Crippen LogP contribution in [0.3, 0.4) is 0 Å². The van der Waals surface area contributed by atoms with Crippen molar-refractivity contribution < 1.29 is 22.8 Å². The second kappa shape index (κ2) is 9.10. The number of amides is 3. The number of likely N-dealkylation sites (tertiary alicyclic amines) is 1. The Hall–Kier alpha value is -2.25.